The number of rotatable bonds is 2. The molecule has 3 nitrogen and oxygen atoms in total. The molecule has 1 aliphatic rings. The quantitative estimate of drug-likeness (QED) is 0.561. The number of Topliss-reactive ketones (excluding diaryl/α,β-unsaturated/α-hetero) is 1. The Kier molecular flexibility index (Phi) is 2.34. The minimum Gasteiger partial charge on any atom is -0.305 e. The molecule has 1 amide bonds. The summed E-state index contributed by atoms with van der Waals surface area (Å²) >= 11 is 0. The number of ketones is 1. The van der Waals surface area contributed by atoms with E-state index in [2.05, 4.69) is 0 Å². The van der Waals surface area contributed by atoms with Crippen molar-refractivity contribution in [2.75, 3.05) is 4.90 Å². The molecule has 0 bridgehead atoms. The standard InChI is InChI=1S/C13H15NO2/c1-9(15)11-12(16)14(13(11,2)3)10-7-5-4-6-8-10/h4-8,11H,1-3H3. The maximum atomic E-state index is 11.9. The fraction of sp³-hybridized carbons (Fsp3) is 0.385. The van der Waals surface area contributed by atoms with Crippen LogP contribution in [0.2, 0.25) is 0 Å². The van der Waals surface area contributed by atoms with Gasteiger partial charge in [-0.2, -0.15) is 0 Å². The maximum absolute atomic E-state index is 11.9. The minimum absolute atomic E-state index is 0.0535. The summed E-state index contributed by atoms with van der Waals surface area (Å²) in [6, 6.07) is 9.45. The predicted octanol–water partition coefficient (Wildman–Crippen LogP) is 2.02. The first-order chi connectivity index (χ1) is 7.46. The smallest absolute Gasteiger partial charge is 0.240 e. The van der Waals surface area contributed by atoms with Crippen molar-refractivity contribution in [1.29, 1.82) is 0 Å². The van der Waals surface area contributed by atoms with E-state index < -0.39 is 11.5 Å². The van der Waals surface area contributed by atoms with Gasteiger partial charge in [0, 0.05) is 5.69 Å². The van der Waals surface area contributed by atoms with Gasteiger partial charge < -0.3 is 4.90 Å². The molecule has 0 spiro atoms. The lowest BCUT2D eigenvalue weighted by Crippen LogP contribution is -2.70. The number of carbonyl (C=O) groups is 2. The van der Waals surface area contributed by atoms with Crippen LogP contribution in [0.3, 0.4) is 0 Å². The normalized spacial score (nSPS) is 22.8. The molecule has 3 heteroatoms. The largest absolute Gasteiger partial charge is 0.305 e. The fourth-order valence-electron chi connectivity index (χ4n) is 2.49. The summed E-state index contributed by atoms with van der Waals surface area (Å²) in [7, 11) is 0. The van der Waals surface area contributed by atoms with Crippen LogP contribution in [-0.2, 0) is 9.59 Å². The Morgan fingerprint density at radius 2 is 1.81 bits per heavy atom. The Morgan fingerprint density at radius 1 is 1.25 bits per heavy atom. The van der Waals surface area contributed by atoms with Crippen LogP contribution in [0.4, 0.5) is 5.69 Å². The molecular weight excluding hydrogens is 202 g/mol. The molecule has 1 atom stereocenters. The van der Waals surface area contributed by atoms with Crippen molar-refractivity contribution in [3.63, 3.8) is 0 Å². The van der Waals surface area contributed by atoms with Gasteiger partial charge in [0.25, 0.3) is 0 Å². The van der Waals surface area contributed by atoms with Crippen LogP contribution in [0, 0.1) is 5.92 Å². The van der Waals surface area contributed by atoms with Gasteiger partial charge in [-0.05, 0) is 32.9 Å². The Labute approximate surface area is 95.1 Å². The SMILES string of the molecule is CC(=O)C1C(=O)N(c2ccccc2)C1(C)C. The highest BCUT2D eigenvalue weighted by molar-refractivity contribution is 6.16. The van der Waals surface area contributed by atoms with E-state index in [0.717, 1.165) is 5.69 Å². The highest BCUT2D eigenvalue weighted by atomic mass is 16.2. The summed E-state index contributed by atoms with van der Waals surface area (Å²) in [5.41, 5.74) is 0.444. The van der Waals surface area contributed by atoms with Gasteiger partial charge in [-0.25, -0.2) is 0 Å². The molecule has 1 aromatic rings. The molecule has 1 fully saturated rings. The van der Waals surface area contributed by atoms with Crippen molar-refractivity contribution in [2.45, 2.75) is 26.3 Å². The van der Waals surface area contributed by atoms with Crippen molar-refractivity contribution < 1.29 is 9.59 Å². The molecule has 1 aromatic carbocycles. The van der Waals surface area contributed by atoms with Gasteiger partial charge in [0.05, 0.1) is 5.54 Å². The third-order valence-electron chi connectivity index (χ3n) is 3.17. The molecular formula is C13H15NO2. The molecule has 0 aromatic heterocycles. The van der Waals surface area contributed by atoms with Gasteiger partial charge in [0.2, 0.25) is 5.91 Å². The van der Waals surface area contributed by atoms with Crippen LogP contribution in [0.1, 0.15) is 20.8 Å². The first-order valence-corrected chi connectivity index (χ1v) is 5.36. The molecule has 0 N–H and O–H groups in total. The van der Waals surface area contributed by atoms with Crippen LogP contribution in [-0.4, -0.2) is 17.2 Å². The van der Waals surface area contributed by atoms with Gasteiger partial charge in [0.15, 0.2) is 0 Å². The van der Waals surface area contributed by atoms with E-state index in [9.17, 15) is 9.59 Å². The molecule has 16 heavy (non-hydrogen) atoms. The second-order valence-electron chi connectivity index (χ2n) is 4.71. The predicted molar refractivity (Wildman–Crippen MR) is 62.2 cm³/mol. The van der Waals surface area contributed by atoms with E-state index in [1.165, 1.54) is 6.92 Å². The van der Waals surface area contributed by atoms with Crippen LogP contribution < -0.4 is 4.90 Å². The number of carbonyl (C=O) groups excluding carboxylic acids is 2. The number of anilines is 1. The van der Waals surface area contributed by atoms with E-state index >= 15 is 0 Å². The fourth-order valence-corrected chi connectivity index (χ4v) is 2.49. The molecule has 84 valence electrons. The van der Waals surface area contributed by atoms with E-state index in [0.29, 0.717) is 0 Å². The van der Waals surface area contributed by atoms with Crippen molar-refractivity contribution in [3.05, 3.63) is 30.3 Å². The monoisotopic (exact) mass is 217 g/mol. The van der Waals surface area contributed by atoms with Crippen LogP contribution in [0.15, 0.2) is 30.3 Å². The van der Waals surface area contributed by atoms with E-state index in [1.807, 2.05) is 44.2 Å². The van der Waals surface area contributed by atoms with Gasteiger partial charge in [-0.1, -0.05) is 18.2 Å². The molecule has 1 heterocycles. The second-order valence-corrected chi connectivity index (χ2v) is 4.71. The second kappa shape index (κ2) is 3.44. The van der Waals surface area contributed by atoms with Gasteiger partial charge in [0.1, 0.15) is 11.7 Å². The minimum atomic E-state index is -0.493. The number of hydrogen-bond acceptors (Lipinski definition) is 2. The molecule has 0 radical (unpaired) electrons. The lowest BCUT2D eigenvalue weighted by molar-refractivity contribution is -0.142. The van der Waals surface area contributed by atoms with Gasteiger partial charge in [-0.15, -0.1) is 0 Å². The number of benzene rings is 1. The number of amides is 1. The van der Waals surface area contributed by atoms with E-state index in [1.54, 1.807) is 4.90 Å². The van der Waals surface area contributed by atoms with Crippen LogP contribution >= 0.6 is 0 Å². The molecule has 0 saturated carbocycles. The van der Waals surface area contributed by atoms with E-state index in [4.69, 9.17) is 0 Å². The summed E-state index contributed by atoms with van der Waals surface area (Å²) in [6.07, 6.45) is 0. The number of β-lactam (4-membered cyclic amide) rings is 1. The topological polar surface area (TPSA) is 37.4 Å². The Hall–Kier alpha value is -1.64. The Morgan fingerprint density at radius 3 is 2.25 bits per heavy atom. The summed E-state index contributed by atoms with van der Waals surface area (Å²) in [6.45, 7) is 5.33. The summed E-state index contributed by atoms with van der Waals surface area (Å²) in [4.78, 5) is 25.0. The summed E-state index contributed by atoms with van der Waals surface area (Å²) in [5.74, 6) is -0.640. The summed E-state index contributed by atoms with van der Waals surface area (Å²) < 4.78 is 0. The lowest BCUT2D eigenvalue weighted by atomic mass is 9.73. The zero-order chi connectivity index (χ0) is 11.9. The maximum Gasteiger partial charge on any atom is 0.240 e. The first-order valence-electron chi connectivity index (χ1n) is 5.36. The molecule has 1 aliphatic heterocycles. The van der Waals surface area contributed by atoms with Gasteiger partial charge >= 0.3 is 0 Å². The van der Waals surface area contributed by atoms with E-state index in [-0.39, 0.29) is 11.7 Å². The van der Waals surface area contributed by atoms with Crippen molar-refractivity contribution in [2.24, 2.45) is 5.92 Å². The van der Waals surface area contributed by atoms with Crippen molar-refractivity contribution in [1.82, 2.24) is 0 Å². The third-order valence-corrected chi connectivity index (χ3v) is 3.17. The van der Waals surface area contributed by atoms with Crippen molar-refractivity contribution >= 4 is 17.4 Å². The zero-order valence-electron chi connectivity index (χ0n) is 9.73. The molecule has 2 rings (SSSR count). The average Bonchev–Trinajstić information content (AvgIpc) is 2.17. The highest BCUT2D eigenvalue weighted by Gasteiger charge is 2.56. The highest BCUT2D eigenvalue weighted by Crippen LogP contribution is 2.41. The Balaban J connectivity index is 2.34. The number of hydrogen-bond donors (Lipinski definition) is 0. The third kappa shape index (κ3) is 1.35. The molecule has 1 unspecified atom stereocenters. The van der Waals surface area contributed by atoms with Crippen LogP contribution in [0.25, 0.3) is 0 Å². The van der Waals surface area contributed by atoms with Crippen molar-refractivity contribution in [3.8, 4) is 0 Å². The number of para-hydroxylation sites is 1. The molecule has 1 saturated heterocycles. The summed E-state index contributed by atoms with van der Waals surface area (Å²) in [5, 5.41) is 0. The number of nitrogens with zero attached hydrogens (tertiary/aromatic N) is 1. The van der Waals surface area contributed by atoms with Crippen LogP contribution in [0.5, 0.6) is 0 Å². The molecule has 0 aliphatic carbocycles. The average molecular weight is 217 g/mol. The van der Waals surface area contributed by atoms with Gasteiger partial charge in [-0.3, -0.25) is 9.59 Å². The lowest BCUT2D eigenvalue weighted by Gasteiger charge is -2.53. The zero-order valence-corrected chi connectivity index (χ0v) is 9.73. The Bertz CT molecular complexity index is 437. The first kappa shape index (κ1) is 10.9.